The van der Waals surface area contributed by atoms with E-state index in [1.54, 1.807) is 13.1 Å². The fourth-order valence-electron chi connectivity index (χ4n) is 4.03. The summed E-state index contributed by atoms with van der Waals surface area (Å²) in [5, 5.41) is 15.0. The van der Waals surface area contributed by atoms with Crippen LogP contribution in [0.5, 0.6) is 0 Å². The van der Waals surface area contributed by atoms with Crippen LogP contribution in [-0.4, -0.2) is 43.7 Å². The second-order valence-corrected chi connectivity index (χ2v) is 8.45. The summed E-state index contributed by atoms with van der Waals surface area (Å²) in [5.41, 5.74) is 4.33. The lowest BCUT2D eigenvalue weighted by molar-refractivity contribution is -0.117. The summed E-state index contributed by atoms with van der Waals surface area (Å²) in [6, 6.07) is 3.47. The fourth-order valence-corrected chi connectivity index (χ4v) is 4.03. The molecule has 2 N–H and O–H groups in total. The predicted molar refractivity (Wildman–Crippen MR) is 125 cm³/mol. The number of nitrogens with zero attached hydrogens (tertiary/aromatic N) is 6. The third-order valence-electron chi connectivity index (χ3n) is 5.75. The van der Waals surface area contributed by atoms with Gasteiger partial charge in [0, 0.05) is 54.1 Å². The zero-order valence-corrected chi connectivity index (χ0v) is 18.6. The van der Waals surface area contributed by atoms with Gasteiger partial charge >= 0.3 is 0 Å². The van der Waals surface area contributed by atoms with Gasteiger partial charge in [-0.25, -0.2) is 9.97 Å². The average Bonchev–Trinajstić information content (AvgIpc) is 3.54. The molecule has 1 fully saturated rings. The molecule has 1 aliphatic heterocycles. The van der Waals surface area contributed by atoms with Gasteiger partial charge in [0.2, 0.25) is 5.91 Å². The van der Waals surface area contributed by atoms with Crippen molar-refractivity contribution in [3.05, 3.63) is 35.3 Å². The van der Waals surface area contributed by atoms with Crippen LogP contribution in [0, 0.1) is 12.8 Å². The number of anilines is 4. The van der Waals surface area contributed by atoms with E-state index < -0.39 is 19.1 Å². The van der Waals surface area contributed by atoms with Crippen LogP contribution < -0.4 is 15.5 Å². The van der Waals surface area contributed by atoms with Crippen LogP contribution in [0.4, 0.5) is 23.0 Å². The van der Waals surface area contributed by atoms with E-state index in [9.17, 15) is 9.59 Å². The maximum absolute atomic E-state index is 12.9. The standard InChI is InChI=1S/C23H26N8O2/c1-5-18(32)15-10-24-19(27-23(33)13-6-7-13)9-16(15)26-22-21-14(8-12(2)25-22)20-17(11-30(21)3)28-31(4)29-20/h8-10,13H,5-7,11H2,1-4H3,(H2,24,25,26,27,33)/i1D3. The Labute approximate surface area is 195 Å². The Hall–Kier alpha value is -3.82. The van der Waals surface area contributed by atoms with Gasteiger partial charge in [-0.3, -0.25) is 9.59 Å². The van der Waals surface area contributed by atoms with Crippen LogP contribution in [0.15, 0.2) is 18.3 Å². The van der Waals surface area contributed by atoms with Crippen LogP contribution in [0.1, 0.15) is 52.0 Å². The van der Waals surface area contributed by atoms with Gasteiger partial charge in [0.25, 0.3) is 0 Å². The minimum absolute atomic E-state index is 0.0274. The Morgan fingerprint density at radius 1 is 1.24 bits per heavy atom. The van der Waals surface area contributed by atoms with Crippen molar-refractivity contribution in [1.82, 2.24) is 25.0 Å². The average molecular weight is 450 g/mol. The normalized spacial score (nSPS) is 16.2. The number of hydrogen-bond acceptors (Lipinski definition) is 8. The van der Waals surface area contributed by atoms with E-state index in [-0.39, 0.29) is 23.2 Å². The molecule has 2 aliphatic rings. The Morgan fingerprint density at radius 2 is 2.06 bits per heavy atom. The van der Waals surface area contributed by atoms with Gasteiger partial charge in [-0.15, -0.1) is 0 Å². The van der Waals surface area contributed by atoms with E-state index in [1.165, 1.54) is 11.0 Å². The molecule has 1 saturated carbocycles. The smallest absolute Gasteiger partial charge is 0.228 e. The Kier molecular flexibility index (Phi) is 4.26. The number of fused-ring (bicyclic) bond motifs is 3. The number of pyridine rings is 2. The maximum atomic E-state index is 12.9. The van der Waals surface area contributed by atoms with Crippen molar-refractivity contribution in [2.24, 2.45) is 13.0 Å². The molecule has 0 unspecified atom stereocenters. The number of nitrogens with one attached hydrogen (secondary N) is 2. The molecule has 10 heteroatoms. The first kappa shape index (κ1) is 17.7. The Bertz CT molecular complexity index is 1380. The van der Waals surface area contributed by atoms with Crippen molar-refractivity contribution in [3.63, 3.8) is 0 Å². The Morgan fingerprint density at radius 3 is 2.82 bits per heavy atom. The fraction of sp³-hybridized carbons (Fsp3) is 0.391. The van der Waals surface area contributed by atoms with Crippen molar-refractivity contribution >= 4 is 34.7 Å². The third kappa shape index (κ3) is 3.92. The quantitative estimate of drug-likeness (QED) is 0.551. The molecular weight excluding hydrogens is 420 g/mol. The molecule has 1 amide bonds. The minimum atomic E-state index is -2.43. The maximum Gasteiger partial charge on any atom is 0.228 e. The third-order valence-corrected chi connectivity index (χ3v) is 5.75. The number of ketones is 1. The molecule has 10 nitrogen and oxygen atoms in total. The van der Waals surface area contributed by atoms with Crippen LogP contribution in [0.2, 0.25) is 0 Å². The van der Waals surface area contributed by atoms with E-state index in [0.717, 1.165) is 41.2 Å². The lowest BCUT2D eigenvalue weighted by Crippen LogP contribution is -2.24. The zero-order chi connectivity index (χ0) is 25.8. The highest BCUT2D eigenvalue weighted by Gasteiger charge is 2.31. The first-order valence-corrected chi connectivity index (χ1v) is 10.7. The van der Waals surface area contributed by atoms with Crippen LogP contribution >= 0.6 is 0 Å². The van der Waals surface area contributed by atoms with Gasteiger partial charge in [-0.1, -0.05) is 6.85 Å². The summed E-state index contributed by atoms with van der Waals surface area (Å²) in [4.78, 5) is 37.6. The summed E-state index contributed by atoms with van der Waals surface area (Å²) < 4.78 is 22.6. The number of Topliss-reactive ketones (excluding diaryl/α,β-unsaturated/α-hetero) is 1. The summed E-state index contributed by atoms with van der Waals surface area (Å²) in [7, 11) is 3.68. The molecule has 0 saturated heterocycles. The second kappa shape index (κ2) is 7.95. The lowest BCUT2D eigenvalue weighted by atomic mass is 10.0. The van der Waals surface area contributed by atoms with Gasteiger partial charge in [-0.2, -0.15) is 15.0 Å². The van der Waals surface area contributed by atoms with Crippen LogP contribution in [0.25, 0.3) is 11.3 Å². The number of rotatable bonds is 6. The van der Waals surface area contributed by atoms with E-state index >= 15 is 0 Å². The second-order valence-electron chi connectivity index (χ2n) is 8.45. The lowest BCUT2D eigenvalue weighted by Gasteiger charge is -2.28. The molecular formula is C23H26N8O2. The largest absolute Gasteiger partial charge is 0.365 e. The first-order valence-electron chi connectivity index (χ1n) is 12.2. The van der Waals surface area contributed by atoms with Gasteiger partial charge in [0.1, 0.15) is 17.2 Å². The van der Waals surface area contributed by atoms with Gasteiger partial charge < -0.3 is 15.5 Å². The number of hydrogen-bond donors (Lipinski definition) is 2. The Balaban J connectivity index is 1.58. The molecule has 3 aromatic heterocycles. The van der Waals surface area contributed by atoms with E-state index in [0.29, 0.717) is 18.1 Å². The molecule has 0 bridgehead atoms. The van der Waals surface area contributed by atoms with Crippen LogP contribution in [-0.2, 0) is 18.4 Å². The van der Waals surface area contributed by atoms with E-state index in [2.05, 4.69) is 30.8 Å². The summed E-state index contributed by atoms with van der Waals surface area (Å²) in [6.45, 7) is -0.0688. The number of carbonyl (C=O) groups excluding carboxylic acids is 2. The van der Waals surface area contributed by atoms with Crippen molar-refractivity contribution < 1.29 is 13.7 Å². The van der Waals surface area contributed by atoms with Crippen LogP contribution in [0.3, 0.4) is 0 Å². The number of aryl methyl sites for hydroxylation is 2. The highest BCUT2D eigenvalue weighted by atomic mass is 16.2. The van der Waals surface area contributed by atoms with E-state index in [1.807, 2.05) is 24.9 Å². The summed E-state index contributed by atoms with van der Waals surface area (Å²) >= 11 is 0. The van der Waals surface area contributed by atoms with E-state index in [4.69, 9.17) is 4.11 Å². The van der Waals surface area contributed by atoms with Gasteiger partial charge in [0.15, 0.2) is 11.6 Å². The topological polar surface area (TPSA) is 118 Å². The molecule has 0 radical (unpaired) electrons. The number of carbonyl (C=O) groups is 2. The monoisotopic (exact) mass is 449 g/mol. The molecule has 0 aromatic carbocycles. The molecule has 1 aliphatic carbocycles. The van der Waals surface area contributed by atoms with Crippen molar-refractivity contribution in [2.75, 3.05) is 22.6 Å². The first-order chi connectivity index (χ1) is 17.0. The molecule has 0 spiro atoms. The summed E-state index contributed by atoms with van der Waals surface area (Å²) in [6.07, 6.45) is 2.33. The zero-order valence-electron chi connectivity index (χ0n) is 21.6. The highest BCUT2D eigenvalue weighted by molar-refractivity contribution is 6.03. The molecule has 33 heavy (non-hydrogen) atoms. The predicted octanol–water partition coefficient (Wildman–Crippen LogP) is 3.22. The minimum Gasteiger partial charge on any atom is -0.365 e. The van der Waals surface area contributed by atoms with Crippen molar-refractivity contribution in [2.45, 2.75) is 39.6 Å². The molecule has 3 aromatic rings. The highest BCUT2D eigenvalue weighted by Crippen LogP contribution is 2.42. The van der Waals surface area contributed by atoms with Gasteiger partial charge in [-0.05, 0) is 25.8 Å². The van der Waals surface area contributed by atoms with Crippen molar-refractivity contribution in [1.29, 1.82) is 0 Å². The SMILES string of the molecule is [2H]C([2H])([2H])CC(=O)c1cnc(NC(=O)C2CC2)cc1Nc1nc(C)cc2c1N(C)Cc1nn(C)nc1-2. The summed E-state index contributed by atoms with van der Waals surface area (Å²) in [5.74, 6) is -0.00385. The van der Waals surface area contributed by atoms with Crippen molar-refractivity contribution in [3.8, 4) is 11.3 Å². The molecule has 4 heterocycles. The number of amides is 1. The molecule has 5 rings (SSSR count). The van der Waals surface area contributed by atoms with Gasteiger partial charge in [0.05, 0.1) is 23.5 Å². The molecule has 170 valence electrons. The molecule has 0 atom stereocenters. The number of aromatic nitrogens is 5.